The van der Waals surface area contributed by atoms with Crippen LogP contribution >= 0.6 is 0 Å². The Morgan fingerprint density at radius 1 is 0.933 bits per heavy atom. The van der Waals surface area contributed by atoms with E-state index in [1.165, 1.54) is 0 Å². The summed E-state index contributed by atoms with van der Waals surface area (Å²) < 4.78 is 26.7. The van der Waals surface area contributed by atoms with E-state index in [2.05, 4.69) is 14.6 Å². The Bertz CT molecular complexity index is 948. The number of sulfonamides is 1. The largest absolute Gasteiger partial charge is 0.342 e. The van der Waals surface area contributed by atoms with Crippen molar-refractivity contribution in [1.82, 2.24) is 19.4 Å². The fourth-order valence-corrected chi connectivity index (χ4v) is 5.34. The molecule has 0 aromatic heterocycles. The summed E-state index contributed by atoms with van der Waals surface area (Å²) in [5.41, 5.74) is 0.543. The average molecular weight is 434 g/mol. The summed E-state index contributed by atoms with van der Waals surface area (Å²) in [4.78, 5) is 35.1. The zero-order valence-electron chi connectivity index (χ0n) is 16.9. The Morgan fingerprint density at radius 2 is 1.60 bits per heavy atom. The molecular weight excluding hydrogens is 406 g/mol. The fraction of sp³-hybridized carbons (Fsp3) is 0.550. The Kier molecular flexibility index (Phi) is 6.05. The molecule has 9 nitrogen and oxygen atoms in total. The Morgan fingerprint density at radius 3 is 2.33 bits per heavy atom. The molecular formula is C20H27N5O4S. The minimum absolute atomic E-state index is 0.000918. The van der Waals surface area contributed by atoms with Crippen LogP contribution in [0.15, 0.2) is 34.2 Å². The van der Waals surface area contributed by atoms with E-state index in [1.54, 1.807) is 29.2 Å². The van der Waals surface area contributed by atoms with Crippen LogP contribution in [-0.2, 0) is 19.6 Å². The Labute approximate surface area is 176 Å². The van der Waals surface area contributed by atoms with E-state index in [4.69, 9.17) is 0 Å². The summed E-state index contributed by atoms with van der Waals surface area (Å²) in [6.07, 6.45) is 2.40. The van der Waals surface area contributed by atoms with E-state index >= 15 is 0 Å². The third kappa shape index (κ3) is 4.49. The number of carbonyl (C=O) groups excluding carboxylic acids is 2. The molecule has 1 aromatic rings. The van der Waals surface area contributed by atoms with Gasteiger partial charge in [-0.25, -0.2) is 8.42 Å². The van der Waals surface area contributed by atoms with Crippen LogP contribution in [0, 0.1) is 0 Å². The van der Waals surface area contributed by atoms with Gasteiger partial charge in [0, 0.05) is 51.3 Å². The van der Waals surface area contributed by atoms with Crippen LogP contribution < -0.4 is 4.72 Å². The van der Waals surface area contributed by atoms with Gasteiger partial charge in [-0.05, 0) is 25.0 Å². The number of hydrogen-bond donors (Lipinski definition) is 1. The minimum Gasteiger partial charge on any atom is -0.342 e. The average Bonchev–Trinajstić information content (AvgIpc) is 3.36. The predicted molar refractivity (Wildman–Crippen MR) is 112 cm³/mol. The number of fused-ring (bicyclic) bond motifs is 1. The maximum atomic E-state index is 12.5. The number of hydrogen-bond acceptors (Lipinski definition) is 6. The number of piperazine rings is 1. The van der Waals surface area contributed by atoms with Gasteiger partial charge in [0.25, 0.3) is 10.0 Å². The van der Waals surface area contributed by atoms with Crippen LogP contribution in [-0.4, -0.2) is 93.1 Å². The van der Waals surface area contributed by atoms with Crippen LogP contribution in [0.25, 0.3) is 0 Å². The van der Waals surface area contributed by atoms with E-state index in [9.17, 15) is 18.0 Å². The molecule has 1 N–H and O–H groups in total. The van der Waals surface area contributed by atoms with Crippen LogP contribution in [0.4, 0.5) is 0 Å². The molecule has 4 rings (SSSR count). The van der Waals surface area contributed by atoms with E-state index in [1.807, 2.05) is 4.90 Å². The van der Waals surface area contributed by atoms with Gasteiger partial charge in [-0.3, -0.25) is 24.2 Å². The highest BCUT2D eigenvalue weighted by molar-refractivity contribution is 7.90. The second kappa shape index (κ2) is 8.73. The molecule has 1 aromatic carbocycles. The van der Waals surface area contributed by atoms with Crippen molar-refractivity contribution >= 4 is 27.7 Å². The lowest BCUT2D eigenvalue weighted by atomic mass is 10.2. The summed E-state index contributed by atoms with van der Waals surface area (Å²) in [6, 6.07) is 6.67. The monoisotopic (exact) mass is 433 g/mol. The van der Waals surface area contributed by atoms with Gasteiger partial charge in [0.1, 0.15) is 5.84 Å². The van der Waals surface area contributed by atoms with Crippen LogP contribution in [0.5, 0.6) is 0 Å². The molecule has 2 fully saturated rings. The van der Waals surface area contributed by atoms with Gasteiger partial charge in [0.05, 0.1) is 18.0 Å². The van der Waals surface area contributed by atoms with Crippen LogP contribution in [0.3, 0.4) is 0 Å². The number of benzene rings is 1. The van der Waals surface area contributed by atoms with Crippen molar-refractivity contribution in [3.8, 4) is 0 Å². The topological polar surface area (TPSA) is 102 Å². The first-order valence-electron chi connectivity index (χ1n) is 10.4. The second-order valence-electron chi connectivity index (χ2n) is 7.83. The molecule has 2 saturated heterocycles. The highest BCUT2D eigenvalue weighted by Gasteiger charge is 2.30. The number of rotatable bonds is 5. The van der Waals surface area contributed by atoms with Gasteiger partial charge < -0.3 is 9.80 Å². The molecule has 162 valence electrons. The molecule has 0 bridgehead atoms. The summed E-state index contributed by atoms with van der Waals surface area (Å²) in [7, 11) is -3.56. The first-order valence-corrected chi connectivity index (χ1v) is 11.9. The highest BCUT2D eigenvalue weighted by Crippen LogP contribution is 2.22. The van der Waals surface area contributed by atoms with Crippen molar-refractivity contribution < 1.29 is 18.0 Å². The summed E-state index contributed by atoms with van der Waals surface area (Å²) in [5.74, 6) is 0.477. The van der Waals surface area contributed by atoms with Crippen molar-refractivity contribution in [2.45, 2.75) is 24.2 Å². The van der Waals surface area contributed by atoms with Gasteiger partial charge in [-0.1, -0.05) is 12.1 Å². The van der Waals surface area contributed by atoms with E-state index in [0.717, 1.165) is 25.9 Å². The van der Waals surface area contributed by atoms with Crippen molar-refractivity contribution in [2.24, 2.45) is 4.99 Å². The van der Waals surface area contributed by atoms with Crippen molar-refractivity contribution in [3.05, 3.63) is 29.8 Å². The van der Waals surface area contributed by atoms with Crippen molar-refractivity contribution in [2.75, 3.05) is 52.4 Å². The summed E-state index contributed by atoms with van der Waals surface area (Å²) in [5, 5.41) is 0. The Balaban J connectivity index is 1.24. The molecule has 30 heavy (non-hydrogen) atoms. The lowest BCUT2D eigenvalue weighted by Gasteiger charge is -2.35. The van der Waals surface area contributed by atoms with Crippen molar-refractivity contribution in [1.29, 1.82) is 0 Å². The Hall–Kier alpha value is -2.46. The number of carbonyl (C=O) groups is 2. The molecule has 0 spiro atoms. The summed E-state index contributed by atoms with van der Waals surface area (Å²) >= 11 is 0. The first-order chi connectivity index (χ1) is 14.4. The van der Waals surface area contributed by atoms with Gasteiger partial charge in [-0.2, -0.15) is 0 Å². The standard InChI is InChI=1S/C20H27N5O4S/c26-18(7-8-21-20-16-5-1-2-6-17(16)30(28,29)22-20)25-13-11-23(12-14-25)15-19(27)24-9-3-4-10-24/h1-2,5-6H,3-4,7-15H2,(H,21,22). The number of nitrogens with one attached hydrogen (secondary N) is 1. The SMILES string of the molecule is O=C(CCN=C1NS(=O)(=O)c2ccccc21)N1CCN(CC(=O)N2CCCC2)CC1. The maximum absolute atomic E-state index is 12.5. The molecule has 3 aliphatic rings. The molecule has 0 unspecified atom stereocenters. The van der Waals surface area contributed by atoms with Gasteiger partial charge in [-0.15, -0.1) is 0 Å². The number of amides is 2. The highest BCUT2D eigenvalue weighted by atomic mass is 32.2. The minimum atomic E-state index is -3.56. The maximum Gasteiger partial charge on any atom is 0.263 e. The summed E-state index contributed by atoms with van der Waals surface area (Å²) in [6.45, 7) is 4.94. The zero-order valence-corrected chi connectivity index (χ0v) is 17.7. The molecule has 0 radical (unpaired) electrons. The lowest BCUT2D eigenvalue weighted by molar-refractivity contribution is -0.134. The molecule has 0 aliphatic carbocycles. The fourth-order valence-electron chi connectivity index (χ4n) is 4.09. The number of aliphatic imine (C=N–C) groups is 1. The lowest BCUT2D eigenvalue weighted by Crippen LogP contribution is -2.51. The van der Waals surface area contributed by atoms with E-state index in [0.29, 0.717) is 44.1 Å². The van der Waals surface area contributed by atoms with Gasteiger partial charge in [0.15, 0.2) is 0 Å². The predicted octanol–water partition coefficient (Wildman–Crippen LogP) is -0.118. The molecule has 0 atom stereocenters. The third-order valence-electron chi connectivity index (χ3n) is 5.80. The normalized spacial score (nSPS) is 22.2. The van der Waals surface area contributed by atoms with E-state index in [-0.39, 0.29) is 29.7 Å². The van der Waals surface area contributed by atoms with Gasteiger partial charge >= 0.3 is 0 Å². The molecule has 0 saturated carbocycles. The number of amidine groups is 1. The third-order valence-corrected chi connectivity index (χ3v) is 7.20. The molecule has 3 aliphatic heterocycles. The molecule has 2 amide bonds. The first kappa shape index (κ1) is 20.8. The van der Waals surface area contributed by atoms with Crippen LogP contribution in [0.2, 0.25) is 0 Å². The number of likely N-dealkylation sites (tertiary alicyclic amines) is 1. The second-order valence-corrected chi connectivity index (χ2v) is 9.48. The number of nitrogens with zero attached hydrogens (tertiary/aromatic N) is 4. The smallest absolute Gasteiger partial charge is 0.263 e. The molecule has 3 heterocycles. The van der Waals surface area contributed by atoms with Gasteiger partial charge in [0.2, 0.25) is 11.8 Å². The van der Waals surface area contributed by atoms with E-state index < -0.39 is 10.0 Å². The van der Waals surface area contributed by atoms with Crippen molar-refractivity contribution in [3.63, 3.8) is 0 Å². The molecule has 10 heteroatoms. The van der Waals surface area contributed by atoms with Crippen LogP contribution in [0.1, 0.15) is 24.8 Å². The quantitative estimate of drug-likeness (QED) is 0.698. The zero-order chi connectivity index (χ0) is 21.1.